The molecule has 4 heteroatoms. The number of nitrogens with one attached hydrogen (secondary N) is 1. The lowest BCUT2D eigenvalue weighted by atomic mass is 10.0. The highest BCUT2D eigenvalue weighted by Crippen LogP contribution is 2.46. The summed E-state index contributed by atoms with van der Waals surface area (Å²) in [4.78, 5) is 12.1. The zero-order valence-corrected chi connectivity index (χ0v) is 11.7. The predicted octanol–water partition coefficient (Wildman–Crippen LogP) is 3.04. The Morgan fingerprint density at radius 3 is 2.95 bits per heavy atom. The van der Waals surface area contributed by atoms with Gasteiger partial charge in [-0.05, 0) is 37.5 Å². The van der Waals surface area contributed by atoms with E-state index in [2.05, 4.69) is 11.9 Å². The molecule has 1 N–H and O–H groups in total. The summed E-state index contributed by atoms with van der Waals surface area (Å²) in [6, 6.07) is 7.64. The van der Waals surface area contributed by atoms with E-state index in [4.69, 9.17) is 16.3 Å². The highest BCUT2D eigenvalue weighted by molar-refractivity contribution is 6.30. The molecule has 2 rings (SSSR count). The van der Waals surface area contributed by atoms with Crippen LogP contribution in [0, 0.1) is 0 Å². The normalized spacial score (nSPS) is 17.6. The minimum Gasteiger partial charge on any atom is -0.365 e. The van der Waals surface area contributed by atoms with Crippen molar-refractivity contribution in [3.8, 4) is 0 Å². The van der Waals surface area contributed by atoms with Gasteiger partial charge in [0.2, 0.25) is 5.91 Å². The van der Waals surface area contributed by atoms with Crippen molar-refractivity contribution < 1.29 is 9.53 Å². The summed E-state index contributed by atoms with van der Waals surface area (Å²) >= 11 is 6.00. The standard InChI is InChI=1S/C15H18ClNO2/c1-3-9-19-11(2)14(18)17-15(7-8-15)12-5-4-6-13(16)10-12/h3-6,10-11H,1,7-9H2,2H3,(H,17,18)/t11-/m1/s1. The molecule has 0 spiro atoms. The molecule has 1 amide bonds. The topological polar surface area (TPSA) is 38.3 Å². The average molecular weight is 280 g/mol. The van der Waals surface area contributed by atoms with Crippen molar-refractivity contribution in [2.45, 2.75) is 31.4 Å². The van der Waals surface area contributed by atoms with Crippen molar-refractivity contribution in [2.24, 2.45) is 0 Å². The summed E-state index contributed by atoms with van der Waals surface area (Å²) in [6.45, 7) is 5.68. The molecule has 1 aromatic rings. The molecule has 0 aliphatic heterocycles. The molecular formula is C15H18ClNO2. The molecular weight excluding hydrogens is 262 g/mol. The molecule has 19 heavy (non-hydrogen) atoms. The number of hydrogen-bond donors (Lipinski definition) is 1. The summed E-state index contributed by atoms with van der Waals surface area (Å²) < 4.78 is 5.33. The van der Waals surface area contributed by atoms with Gasteiger partial charge in [-0.2, -0.15) is 0 Å². The molecule has 0 aromatic heterocycles. The molecule has 0 bridgehead atoms. The fourth-order valence-electron chi connectivity index (χ4n) is 2.02. The molecule has 3 nitrogen and oxygen atoms in total. The van der Waals surface area contributed by atoms with Crippen LogP contribution in [0.25, 0.3) is 0 Å². The molecule has 0 unspecified atom stereocenters. The quantitative estimate of drug-likeness (QED) is 0.813. The predicted molar refractivity (Wildman–Crippen MR) is 76.1 cm³/mol. The van der Waals surface area contributed by atoms with Gasteiger partial charge in [-0.15, -0.1) is 6.58 Å². The summed E-state index contributed by atoms with van der Waals surface area (Å²) in [7, 11) is 0. The van der Waals surface area contributed by atoms with Crippen LogP contribution < -0.4 is 5.32 Å². The first kappa shape index (κ1) is 14.1. The molecule has 1 atom stereocenters. The van der Waals surface area contributed by atoms with E-state index in [-0.39, 0.29) is 11.4 Å². The lowest BCUT2D eigenvalue weighted by molar-refractivity contribution is -0.132. The third-order valence-electron chi connectivity index (χ3n) is 3.32. The monoisotopic (exact) mass is 279 g/mol. The van der Waals surface area contributed by atoms with E-state index in [0.717, 1.165) is 18.4 Å². The smallest absolute Gasteiger partial charge is 0.249 e. The van der Waals surface area contributed by atoms with Gasteiger partial charge in [-0.25, -0.2) is 0 Å². The van der Waals surface area contributed by atoms with Gasteiger partial charge in [0.05, 0.1) is 12.1 Å². The fourth-order valence-corrected chi connectivity index (χ4v) is 2.21. The van der Waals surface area contributed by atoms with Crippen LogP contribution in [0.4, 0.5) is 0 Å². The molecule has 1 aliphatic carbocycles. The van der Waals surface area contributed by atoms with Crippen LogP contribution in [0.3, 0.4) is 0 Å². The minimum absolute atomic E-state index is 0.0978. The van der Waals surface area contributed by atoms with E-state index in [1.54, 1.807) is 13.0 Å². The second-order valence-electron chi connectivity index (χ2n) is 4.85. The largest absolute Gasteiger partial charge is 0.365 e. The van der Waals surface area contributed by atoms with Gasteiger partial charge in [0.25, 0.3) is 0 Å². The van der Waals surface area contributed by atoms with Crippen LogP contribution in [-0.2, 0) is 15.1 Å². The van der Waals surface area contributed by atoms with E-state index >= 15 is 0 Å². The summed E-state index contributed by atoms with van der Waals surface area (Å²) in [5.41, 5.74) is 0.803. The molecule has 0 radical (unpaired) electrons. The lowest BCUT2D eigenvalue weighted by Gasteiger charge is -2.21. The number of halogens is 1. The van der Waals surface area contributed by atoms with E-state index in [0.29, 0.717) is 11.6 Å². The number of rotatable bonds is 6. The Kier molecular flexibility index (Phi) is 4.27. The third-order valence-corrected chi connectivity index (χ3v) is 3.56. The van der Waals surface area contributed by atoms with Crippen molar-refractivity contribution in [2.75, 3.05) is 6.61 Å². The Labute approximate surface area is 118 Å². The molecule has 1 fully saturated rings. The second-order valence-corrected chi connectivity index (χ2v) is 5.28. The Morgan fingerprint density at radius 1 is 1.63 bits per heavy atom. The summed E-state index contributed by atoms with van der Waals surface area (Å²) in [5.74, 6) is -0.0978. The van der Waals surface area contributed by atoms with Crippen molar-refractivity contribution in [1.82, 2.24) is 5.32 Å². The molecule has 102 valence electrons. The van der Waals surface area contributed by atoms with Crippen LogP contribution in [0.1, 0.15) is 25.3 Å². The second kappa shape index (κ2) is 5.76. The summed E-state index contributed by atoms with van der Waals surface area (Å²) in [5, 5.41) is 3.75. The minimum atomic E-state index is -0.477. The zero-order chi connectivity index (χ0) is 13.9. The molecule has 1 saturated carbocycles. The maximum absolute atomic E-state index is 12.1. The van der Waals surface area contributed by atoms with Crippen molar-refractivity contribution in [3.05, 3.63) is 47.5 Å². The Morgan fingerprint density at radius 2 is 2.37 bits per heavy atom. The van der Waals surface area contributed by atoms with E-state index in [9.17, 15) is 4.79 Å². The van der Waals surface area contributed by atoms with Gasteiger partial charge in [-0.3, -0.25) is 4.79 Å². The van der Waals surface area contributed by atoms with Gasteiger partial charge >= 0.3 is 0 Å². The SMILES string of the molecule is C=CCO[C@H](C)C(=O)NC1(c2cccc(Cl)c2)CC1. The Hall–Kier alpha value is -1.32. The molecule has 0 saturated heterocycles. The number of ether oxygens (including phenoxy) is 1. The maximum Gasteiger partial charge on any atom is 0.249 e. The number of benzene rings is 1. The highest BCUT2D eigenvalue weighted by Gasteiger charge is 2.46. The van der Waals surface area contributed by atoms with Crippen molar-refractivity contribution in [3.63, 3.8) is 0 Å². The lowest BCUT2D eigenvalue weighted by Crippen LogP contribution is -2.41. The van der Waals surface area contributed by atoms with Crippen LogP contribution >= 0.6 is 11.6 Å². The number of carbonyl (C=O) groups excluding carboxylic acids is 1. The van der Waals surface area contributed by atoms with Crippen LogP contribution in [-0.4, -0.2) is 18.6 Å². The Balaban J connectivity index is 2.02. The third kappa shape index (κ3) is 3.37. The number of carbonyl (C=O) groups is 1. The first-order valence-electron chi connectivity index (χ1n) is 6.38. The maximum atomic E-state index is 12.1. The van der Waals surface area contributed by atoms with E-state index < -0.39 is 6.10 Å². The van der Waals surface area contributed by atoms with Gasteiger partial charge in [-0.1, -0.05) is 29.8 Å². The number of amides is 1. The first-order valence-corrected chi connectivity index (χ1v) is 6.76. The van der Waals surface area contributed by atoms with Gasteiger partial charge in [0.15, 0.2) is 0 Å². The molecule has 1 aromatic carbocycles. The van der Waals surface area contributed by atoms with Gasteiger partial charge in [0, 0.05) is 5.02 Å². The number of hydrogen-bond acceptors (Lipinski definition) is 2. The first-order chi connectivity index (χ1) is 9.07. The van der Waals surface area contributed by atoms with Gasteiger partial charge < -0.3 is 10.1 Å². The highest BCUT2D eigenvalue weighted by atomic mass is 35.5. The average Bonchev–Trinajstić information content (AvgIpc) is 3.16. The van der Waals surface area contributed by atoms with Crippen molar-refractivity contribution >= 4 is 17.5 Å². The van der Waals surface area contributed by atoms with E-state index in [1.165, 1.54) is 0 Å². The van der Waals surface area contributed by atoms with Crippen LogP contribution in [0.5, 0.6) is 0 Å². The fraction of sp³-hybridized carbons (Fsp3) is 0.400. The van der Waals surface area contributed by atoms with Crippen LogP contribution in [0.15, 0.2) is 36.9 Å². The summed E-state index contributed by atoms with van der Waals surface area (Å²) in [6.07, 6.45) is 3.03. The van der Waals surface area contributed by atoms with Crippen LogP contribution in [0.2, 0.25) is 5.02 Å². The van der Waals surface area contributed by atoms with Gasteiger partial charge in [0.1, 0.15) is 6.10 Å². The zero-order valence-electron chi connectivity index (χ0n) is 11.0. The Bertz CT molecular complexity index is 483. The van der Waals surface area contributed by atoms with E-state index in [1.807, 2.05) is 24.3 Å². The molecule has 0 heterocycles. The van der Waals surface area contributed by atoms with Crippen molar-refractivity contribution in [1.29, 1.82) is 0 Å². The molecule has 1 aliphatic rings.